The van der Waals surface area contributed by atoms with E-state index in [-0.39, 0.29) is 0 Å². The van der Waals surface area contributed by atoms with Crippen LogP contribution in [-0.2, 0) is 6.54 Å². The van der Waals surface area contributed by atoms with Gasteiger partial charge < -0.3 is 10.2 Å². The van der Waals surface area contributed by atoms with Gasteiger partial charge in [0, 0.05) is 37.1 Å². The summed E-state index contributed by atoms with van der Waals surface area (Å²) in [6, 6.07) is 6.09. The maximum atomic E-state index is 4.53. The van der Waals surface area contributed by atoms with E-state index in [1.165, 1.54) is 62.9 Å². The van der Waals surface area contributed by atoms with Crippen molar-refractivity contribution in [3.8, 4) is 0 Å². The Morgan fingerprint density at radius 2 is 2.05 bits per heavy atom. The predicted octanol–water partition coefficient (Wildman–Crippen LogP) is 3.10. The normalized spacial score (nSPS) is 29.5. The van der Waals surface area contributed by atoms with Crippen molar-refractivity contribution in [1.82, 2.24) is 10.3 Å². The van der Waals surface area contributed by atoms with Crippen molar-refractivity contribution in [3.05, 3.63) is 24.0 Å². The third-order valence-electron chi connectivity index (χ3n) is 5.27. The van der Waals surface area contributed by atoms with Gasteiger partial charge in [-0.3, -0.25) is 4.98 Å². The number of nitrogens with one attached hydrogen (secondary N) is 1. The SMILES string of the molecule is c1cc(N2CCCC3CCCC32)cc(CNC2CC2)n1. The Morgan fingerprint density at radius 1 is 1.15 bits per heavy atom. The lowest BCUT2D eigenvalue weighted by atomic mass is 9.91. The molecule has 0 amide bonds. The quantitative estimate of drug-likeness (QED) is 0.912. The molecule has 20 heavy (non-hydrogen) atoms. The summed E-state index contributed by atoms with van der Waals surface area (Å²) < 4.78 is 0. The highest BCUT2D eigenvalue weighted by molar-refractivity contribution is 5.48. The van der Waals surface area contributed by atoms with Crippen LogP contribution in [0.15, 0.2) is 18.3 Å². The molecule has 3 aliphatic rings. The summed E-state index contributed by atoms with van der Waals surface area (Å²) in [5.41, 5.74) is 2.61. The van der Waals surface area contributed by atoms with Crippen LogP contribution < -0.4 is 10.2 Å². The summed E-state index contributed by atoms with van der Waals surface area (Å²) in [6.07, 6.45) is 11.8. The number of nitrogens with zero attached hydrogens (tertiary/aromatic N) is 2. The fourth-order valence-corrected chi connectivity index (χ4v) is 4.05. The molecule has 3 heteroatoms. The van der Waals surface area contributed by atoms with Crippen molar-refractivity contribution >= 4 is 5.69 Å². The Balaban J connectivity index is 1.49. The molecule has 1 aliphatic heterocycles. The Labute approximate surface area is 121 Å². The van der Waals surface area contributed by atoms with Crippen LogP contribution in [-0.4, -0.2) is 23.6 Å². The predicted molar refractivity (Wildman–Crippen MR) is 81.8 cm³/mol. The van der Waals surface area contributed by atoms with E-state index in [9.17, 15) is 0 Å². The largest absolute Gasteiger partial charge is 0.368 e. The van der Waals surface area contributed by atoms with Gasteiger partial charge in [-0.15, -0.1) is 0 Å². The summed E-state index contributed by atoms with van der Waals surface area (Å²) in [5, 5.41) is 3.57. The lowest BCUT2D eigenvalue weighted by molar-refractivity contribution is 0.362. The lowest BCUT2D eigenvalue weighted by Crippen LogP contribution is -2.42. The Hall–Kier alpha value is -1.09. The van der Waals surface area contributed by atoms with Gasteiger partial charge in [-0.05, 0) is 56.6 Å². The minimum absolute atomic E-state index is 0.759. The van der Waals surface area contributed by atoms with E-state index in [2.05, 4.69) is 27.3 Å². The Morgan fingerprint density at radius 3 is 2.95 bits per heavy atom. The van der Waals surface area contributed by atoms with Gasteiger partial charge in [0.25, 0.3) is 0 Å². The maximum Gasteiger partial charge on any atom is 0.0562 e. The number of rotatable bonds is 4. The van der Waals surface area contributed by atoms with E-state index in [0.29, 0.717) is 0 Å². The molecule has 0 radical (unpaired) electrons. The van der Waals surface area contributed by atoms with Crippen LogP contribution in [0.25, 0.3) is 0 Å². The standard InChI is InChI=1S/C17H25N3/c1-3-13-4-2-10-20(17(13)5-1)16-8-9-18-15(11-16)12-19-14-6-7-14/h8-9,11,13-14,17,19H,1-7,10,12H2. The van der Waals surface area contributed by atoms with E-state index in [1.54, 1.807) is 0 Å². The second-order valence-corrected chi connectivity index (χ2v) is 6.75. The maximum absolute atomic E-state index is 4.53. The topological polar surface area (TPSA) is 28.2 Å². The van der Waals surface area contributed by atoms with Crippen LogP contribution in [0.3, 0.4) is 0 Å². The number of hydrogen-bond donors (Lipinski definition) is 1. The van der Waals surface area contributed by atoms with E-state index in [1.807, 2.05) is 6.20 Å². The number of hydrogen-bond acceptors (Lipinski definition) is 3. The van der Waals surface area contributed by atoms with Gasteiger partial charge in [0.15, 0.2) is 0 Å². The van der Waals surface area contributed by atoms with Gasteiger partial charge in [-0.1, -0.05) is 6.42 Å². The molecule has 0 aromatic carbocycles. The third kappa shape index (κ3) is 2.56. The van der Waals surface area contributed by atoms with Crippen molar-refractivity contribution in [2.45, 2.75) is 63.6 Å². The Kier molecular flexibility index (Phi) is 3.39. The van der Waals surface area contributed by atoms with Gasteiger partial charge in [0.05, 0.1) is 5.69 Å². The molecular formula is C17H25N3. The van der Waals surface area contributed by atoms with Crippen LogP contribution in [0.1, 0.15) is 50.6 Å². The van der Waals surface area contributed by atoms with Crippen molar-refractivity contribution < 1.29 is 0 Å². The molecular weight excluding hydrogens is 246 g/mol. The molecule has 0 bridgehead atoms. The third-order valence-corrected chi connectivity index (χ3v) is 5.27. The van der Waals surface area contributed by atoms with Crippen molar-refractivity contribution in [3.63, 3.8) is 0 Å². The van der Waals surface area contributed by atoms with Gasteiger partial charge in [0.2, 0.25) is 0 Å². The van der Waals surface area contributed by atoms with Crippen LogP contribution in [0.2, 0.25) is 0 Å². The first-order chi connectivity index (χ1) is 9.90. The van der Waals surface area contributed by atoms with E-state index in [4.69, 9.17) is 0 Å². The van der Waals surface area contributed by atoms with Crippen LogP contribution in [0.5, 0.6) is 0 Å². The van der Waals surface area contributed by atoms with Crippen molar-refractivity contribution in [2.24, 2.45) is 5.92 Å². The molecule has 1 aromatic rings. The number of piperidine rings is 1. The highest BCUT2D eigenvalue weighted by Gasteiger charge is 2.35. The smallest absolute Gasteiger partial charge is 0.0562 e. The molecule has 2 aliphatic carbocycles. The summed E-state index contributed by atoms with van der Waals surface area (Å²) in [6.45, 7) is 2.17. The number of anilines is 1. The van der Waals surface area contributed by atoms with Crippen LogP contribution in [0, 0.1) is 5.92 Å². The molecule has 2 atom stereocenters. The second kappa shape index (κ2) is 5.36. The highest BCUT2D eigenvalue weighted by Crippen LogP contribution is 2.39. The van der Waals surface area contributed by atoms with Gasteiger partial charge in [0.1, 0.15) is 0 Å². The molecule has 3 fully saturated rings. The van der Waals surface area contributed by atoms with Gasteiger partial charge >= 0.3 is 0 Å². The van der Waals surface area contributed by atoms with Gasteiger partial charge in [-0.25, -0.2) is 0 Å². The summed E-state index contributed by atoms with van der Waals surface area (Å²) in [5.74, 6) is 0.949. The van der Waals surface area contributed by atoms with Crippen LogP contribution in [0.4, 0.5) is 5.69 Å². The minimum Gasteiger partial charge on any atom is -0.368 e. The average molecular weight is 271 g/mol. The molecule has 2 saturated carbocycles. The molecule has 1 aromatic heterocycles. The molecule has 2 heterocycles. The Bertz CT molecular complexity index is 469. The average Bonchev–Trinajstić information content (AvgIpc) is 3.20. The minimum atomic E-state index is 0.759. The first-order valence-corrected chi connectivity index (χ1v) is 8.35. The molecule has 1 saturated heterocycles. The van der Waals surface area contributed by atoms with E-state index >= 15 is 0 Å². The number of pyridine rings is 1. The number of aromatic nitrogens is 1. The second-order valence-electron chi connectivity index (χ2n) is 6.75. The molecule has 1 N–H and O–H groups in total. The van der Waals surface area contributed by atoms with Crippen molar-refractivity contribution in [1.29, 1.82) is 0 Å². The van der Waals surface area contributed by atoms with E-state index < -0.39 is 0 Å². The molecule has 2 unspecified atom stereocenters. The van der Waals surface area contributed by atoms with E-state index in [0.717, 1.165) is 24.5 Å². The summed E-state index contributed by atoms with van der Waals surface area (Å²) in [4.78, 5) is 7.20. The molecule has 108 valence electrons. The van der Waals surface area contributed by atoms with Crippen LogP contribution >= 0.6 is 0 Å². The zero-order valence-corrected chi connectivity index (χ0v) is 12.2. The zero-order chi connectivity index (χ0) is 13.4. The number of fused-ring (bicyclic) bond motifs is 1. The summed E-state index contributed by atoms with van der Waals surface area (Å²) in [7, 11) is 0. The first kappa shape index (κ1) is 12.6. The monoisotopic (exact) mass is 271 g/mol. The summed E-state index contributed by atoms with van der Waals surface area (Å²) >= 11 is 0. The first-order valence-electron chi connectivity index (χ1n) is 8.35. The highest BCUT2D eigenvalue weighted by atomic mass is 15.2. The molecule has 0 spiro atoms. The van der Waals surface area contributed by atoms with Gasteiger partial charge in [-0.2, -0.15) is 0 Å². The molecule has 4 rings (SSSR count). The zero-order valence-electron chi connectivity index (χ0n) is 12.2. The molecule has 3 nitrogen and oxygen atoms in total. The fourth-order valence-electron chi connectivity index (χ4n) is 4.05. The lowest BCUT2D eigenvalue weighted by Gasteiger charge is -2.39. The fraction of sp³-hybridized carbons (Fsp3) is 0.706. The van der Waals surface area contributed by atoms with Crippen molar-refractivity contribution in [2.75, 3.05) is 11.4 Å².